The summed E-state index contributed by atoms with van der Waals surface area (Å²) in [4.78, 5) is 24.6. The molecular formula is C22H22N6O3. The van der Waals surface area contributed by atoms with Crippen LogP contribution in [0.25, 0.3) is 21.9 Å². The van der Waals surface area contributed by atoms with Crippen LogP contribution in [0.3, 0.4) is 0 Å². The lowest BCUT2D eigenvalue weighted by molar-refractivity contribution is -0.0156. The highest BCUT2D eigenvalue weighted by Gasteiger charge is 2.28. The third-order valence-electron chi connectivity index (χ3n) is 5.49. The summed E-state index contributed by atoms with van der Waals surface area (Å²) in [6, 6.07) is 11.2. The van der Waals surface area contributed by atoms with Gasteiger partial charge in [0.25, 0.3) is 5.91 Å². The number of hydrogen-bond acceptors (Lipinski definition) is 7. The maximum absolute atomic E-state index is 11.8. The van der Waals surface area contributed by atoms with Crippen molar-refractivity contribution < 1.29 is 14.3 Å². The van der Waals surface area contributed by atoms with Gasteiger partial charge in [-0.15, -0.1) is 0 Å². The van der Waals surface area contributed by atoms with Gasteiger partial charge in [-0.1, -0.05) is 6.07 Å². The van der Waals surface area contributed by atoms with Crippen LogP contribution in [0.15, 0.2) is 48.9 Å². The fourth-order valence-corrected chi connectivity index (χ4v) is 3.87. The summed E-state index contributed by atoms with van der Waals surface area (Å²) in [7, 11) is 1.58. The number of pyridine rings is 1. The second kappa shape index (κ2) is 7.84. The van der Waals surface area contributed by atoms with Crippen LogP contribution in [0.2, 0.25) is 0 Å². The lowest BCUT2D eigenvalue weighted by Gasteiger charge is -2.16. The molecule has 2 unspecified atom stereocenters. The molecule has 2 atom stereocenters. The topological polar surface area (TPSA) is 117 Å². The zero-order chi connectivity index (χ0) is 21.4. The van der Waals surface area contributed by atoms with Crippen LogP contribution in [0.1, 0.15) is 29.6 Å². The Kier molecular flexibility index (Phi) is 4.87. The highest BCUT2D eigenvalue weighted by Crippen LogP contribution is 2.32. The molecule has 0 spiro atoms. The summed E-state index contributed by atoms with van der Waals surface area (Å²) in [5.74, 6) is 0.933. The summed E-state index contributed by atoms with van der Waals surface area (Å²) >= 11 is 0. The average Bonchev–Trinajstić information content (AvgIpc) is 3.44. The third-order valence-corrected chi connectivity index (χ3v) is 5.49. The molecule has 9 nitrogen and oxygen atoms in total. The molecule has 1 saturated heterocycles. The van der Waals surface area contributed by atoms with Crippen LogP contribution in [0, 0.1) is 0 Å². The van der Waals surface area contributed by atoms with Crippen molar-refractivity contribution in [1.29, 1.82) is 0 Å². The number of benzene rings is 1. The van der Waals surface area contributed by atoms with Crippen LogP contribution in [0.5, 0.6) is 5.75 Å². The minimum Gasteiger partial charge on any atom is -0.491 e. The Balaban J connectivity index is 1.26. The number of amides is 1. The molecule has 0 aliphatic carbocycles. The van der Waals surface area contributed by atoms with Gasteiger partial charge in [0.1, 0.15) is 42.1 Å². The number of ether oxygens (including phenoxy) is 2. The standard InChI is InChI=1S/C22H22N6O3/c1-24-22(29)17-6-3-13-2-4-14(10-18(13)27-17)30-11-15-5-7-19(31-15)28-9-8-16-20(23)25-12-26-21(16)28/h2-4,6,8-10,12,15,19H,5,7,11H2,1H3,(H,24,29)(H2,23,25,26). The Hall–Kier alpha value is -3.72. The summed E-state index contributed by atoms with van der Waals surface area (Å²) in [6.07, 6.45) is 4.97. The number of carbonyl (C=O) groups excluding carboxylic acids is 1. The third kappa shape index (κ3) is 3.64. The normalized spacial score (nSPS) is 18.5. The summed E-state index contributed by atoms with van der Waals surface area (Å²) in [5, 5.41) is 4.35. The van der Waals surface area contributed by atoms with Crippen molar-refractivity contribution in [3.63, 3.8) is 0 Å². The Morgan fingerprint density at radius 3 is 3.00 bits per heavy atom. The lowest BCUT2D eigenvalue weighted by atomic mass is 10.2. The molecule has 3 aromatic heterocycles. The molecule has 158 valence electrons. The van der Waals surface area contributed by atoms with Crippen molar-refractivity contribution in [1.82, 2.24) is 24.8 Å². The van der Waals surface area contributed by atoms with Crippen molar-refractivity contribution in [2.45, 2.75) is 25.2 Å². The number of fused-ring (bicyclic) bond motifs is 2. The SMILES string of the molecule is CNC(=O)c1ccc2ccc(OCC3CCC(n4ccc5c(N)ncnc54)O3)cc2n1. The van der Waals surface area contributed by atoms with Crippen LogP contribution in [-0.2, 0) is 4.74 Å². The van der Waals surface area contributed by atoms with Gasteiger partial charge in [-0.2, -0.15) is 0 Å². The summed E-state index contributed by atoms with van der Waals surface area (Å²) < 4.78 is 14.2. The summed E-state index contributed by atoms with van der Waals surface area (Å²) in [5.41, 5.74) is 7.78. The van der Waals surface area contributed by atoms with Crippen molar-refractivity contribution >= 4 is 33.7 Å². The lowest BCUT2D eigenvalue weighted by Crippen LogP contribution is -2.19. The molecule has 31 heavy (non-hydrogen) atoms. The Morgan fingerprint density at radius 1 is 1.26 bits per heavy atom. The number of nitrogens with two attached hydrogens (primary N) is 1. The molecule has 1 aromatic carbocycles. The van der Waals surface area contributed by atoms with Gasteiger partial charge in [0.2, 0.25) is 0 Å². The Labute approximate surface area is 178 Å². The first-order valence-corrected chi connectivity index (χ1v) is 10.1. The van der Waals surface area contributed by atoms with Gasteiger partial charge in [0.15, 0.2) is 0 Å². The van der Waals surface area contributed by atoms with Crippen LogP contribution >= 0.6 is 0 Å². The Morgan fingerprint density at radius 2 is 2.13 bits per heavy atom. The number of nitrogens with zero attached hydrogens (tertiary/aromatic N) is 4. The van der Waals surface area contributed by atoms with Crippen molar-refractivity contribution in [2.24, 2.45) is 0 Å². The zero-order valence-electron chi connectivity index (χ0n) is 17.0. The number of aromatic nitrogens is 4. The molecule has 1 aliphatic rings. The van der Waals surface area contributed by atoms with E-state index in [2.05, 4.69) is 20.3 Å². The van der Waals surface area contributed by atoms with Gasteiger partial charge >= 0.3 is 0 Å². The first kappa shape index (κ1) is 19.3. The first-order chi connectivity index (χ1) is 15.1. The van der Waals surface area contributed by atoms with E-state index >= 15 is 0 Å². The molecule has 1 amide bonds. The average molecular weight is 418 g/mol. The molecule has 0 bridgehead atoms. The van der Waals surface area contributed by atoms with E-state index < -0.39 is 0 Å². The number of hydrogen-bond donors (Lipinski definition) is 2. The van der Waals surface area contributed by atoms with Crippen molar-refractivity contribution in [2.75, 3.05) is 19.4 Å². The van der Waals surface area contributed by atoms with Crippen LogP contribution in [-0.4, -0.2) is 45.2 Å². The highest BCUT2D eigenvalue weighted by atomic mass is 16.6. The molecule has 5 rings (SSSR count). The molecule has 0 radical (unpaired) electrons. The van der Waals surface area contributed by atoms with E-state index in [1.807, 2.05) is 41.1 Å². The maximum atomic E-state index is 11.8. The maximum Gasteiger partial charge on any atom is 0.269 e. The molecule has 1 aliphatic heterocycles. The van der Waals surface area contributed by atoms with Crippen molar-refractivity contribution in [3.05, 3.63) is 54.6 Å². The van der Waals surface area contributed by atoms with E-state index in [-0.39, 0.29) is 18.2 Å². The van der Waals surface area contributed by atoms with Gasteiger partial charge in [-0.3, -0.25) is 4.79 Å². The molecule has 4 aromatic rings. The predicted octanol–water partition coefficient (Wildman–Crippen LogP) is 2.68. The van der Waals surface area contributed by atoms with E-state index in [4.69, 9.17) is 15.2 Å². The van der Waals surface area contributed by atoms with E-state index in [1.54, 1.807) is 13.1 Å². The second-order valence-electron chi connectivity index (χ2n) is 7.45. The quantitative estimate of drug-likeness (QED) is 0.512. The minimum absolute atomic E-state index is 0.0394. The predicted molar refractivity (Wildman–Crippen MR) is 116 cm³/mol. The zero-order valence-corrected chi connectivity index (χ0v) is 17.0. The molecule has 3 N–H and O–H groups in total. The van der Waals surface area contributed by atoms with E-state index in [9.17, 15) is 4.79 Å². The molecule has 4 heterocycles. The first-order valence-electron chi connectivity index (χ1n) is 10.1. The van der Waals surface area contributed by atoms with E-state index in [0.717, 1.165) is 29.3 Å². The largest absolute Gasteiger partial charge is 0.491 e. The van der Waals surface area contributed by atoms with E-state index in [0.29, 0.717) is 29.4 Å². The number of anilines is 1. The fourth-order valence-electron chi connectivity index (χ4n) is 3.87. The molecule has 1 fully saturated rings. The minimum atomic E-state index is -0.219. The Bertz CT molecular complexity index is 1270. The second-order valence-corrected chi connectivity index (χ2v) is 7.45. The van der Waals surface area contributed by atoms with Crippen molar-refractivity contribution in [3.8, 4) is 5.75 Å². The van der Waals surface area contributed by atoms with Gasteiger partial charge in [-0.05, 0) is 37.1 Å². The summed E-state index contributed by atoms with van der Waals surface area (Å²) in [6.45, 7) is 0.424. The van der Waals surface area contributed by atoms with E-state index in [1.165, 1.54) is 6.33 Å². The van der Waals surface area contributed by atoms with Crippen LogP contribution in [0.4, 0.5) is 5.82 Å². The van der Waals surface area contributed by atoms with Crippen LogP contribution < -0.4 is 15.8 Å². The van der Waals surface area contributed by atoms with Gasteiger partial charge in [0.05, 0.1) is 17.0 Å². The monoisotopic (exact) mass is 418 g/mol. The number of nitrogens with one attached hydrogen (secondary N) is 1. The number of rotatable bonds is 5. The smallest absolute Gasteiger partial charge is 0.269 e. The molecule has 9 heteroatoms. The van der Waals surface area contributed by atoms with Gasteiger partial charge in [0, 0.05) is 24.7 Å². The molecule has 0 saturated carbocycles. The number of carbonyl (C=O) groups is 1. The number of nitrogen functional groups attached to an aromatic ring is 1. The fraction of sp³-hybridized carbons (Fsp3) is 0.273. The highest BCUT2D eigenvalue weighted by molar-refractivity contribution is 5.94. The van der Waals surface area contributed by atoms with Gasteiger partial charge < -0.3 is 25.1 Å². The molecular weight excluding hydrogens is 396 g/mol. The van der Waals surface area contributed by atoms with Gasteiger partial charge in [-0.25, -0.2) is 15.0 Å².